The molecule has 0 N–H and O–H groups in total. The Labute approximate surface area is 150 Å². The van der Waals surface area contributed by atoms with Crippen molar-refractivity contribution >= 4 is 38.8 Å². The van der Waals surface area contributed by atoms with Gasteiger partial charge in [0.25, 0.3) is 0 Å². The fourth-order valence-electron chi connectivity index (χ4n) is 2.20. The lowest BCUT2D eigenvalue weighted by Crippen LogP contribution is -2.27. The van der Waals surface area contributed by atoms with E-state index < -0.39 is 10.0 Å². The first kappa shape index (κ1) is 17.1. The second-order valence-corrected chi connectivity index (χ2v) is 9.07. The monoisotopic (exact) mass is 375 g/mol. The second-order valence-electron chi connectivity index (χ2n) is 5.19. The van der Waals surface area contributed by atoms with Crippen LogP contribution in [0, 0.1) is 0 Å². The molecule has 0 saturated carbocycles. The zero-order valence-electron chi connectivity index (χ0n) is 12.9. The molecule has 0 unspecified atom stereocenters. The Kier molecular flexibility index (Phi) is 5.63. The molecule has 3 rings (SSSR count). The number of nitrogens with zero attached hydrogens (tertiary/aromatic N) is 1. The van der Waals surface area contributed by atoms with Gasteiger partial charge in [-0.05, 0) is 34.5 Å². The highest BCUT2D eigenvalue weighted by molar-refractivity contribution is 7.92. The summed E-state index contributed by atoms with van der Waals surface area (Å²) in [5.74, 6) is 0. The minimum atomic E-state index is -3.51. The van der Waals surface area contributed by atoms with E-state index in [1.54, 1.807) is 28.7 Å². The fourth-order valence-corrected chi connectivity index (χ4v) is 4.94. The van der Waals surface area contributed by atoms with Gasteiger partial charge in [0, 0.05) is 28.3 Å². The van der Waals surface area contributed by atoms with Gasteiger partial charge in [0.05, 0.1) is 0 Å². The Bertz CT molecular complexity index is 832. The molecule has 24 heavy (non-hydrogen) atoms. The van der Waals surface area contributed by atoms with E-state index in [1.807, 2.05) is 65.4 Å². The van der Waals surface area contributed by atoms with E-state index in [9.17, 15) is 8.42 Å². The number of thiophene rings is 2. The first-order valence-corrected chi connectivity index (χ1v) is 10.7. The molecule has 0 fully saturated rings. The van der Waals surface area contributed by atoms with E-state index in [1.165, 1.54) is 9.71 Å². The molecular weight excluding hydrogens is 358 g/mol. The Hall–Kier alpha value is -1.73. The molecule has 0 aliphatic rings. The van der Waals surface area contributed by atoms with Crippen LogP contribution in [-0.2, 0) is 23.1 Å². The summed E-state index contributed by atoms with van der Waals surface area (Å²) in [7, 11) is -3.51. The molecule has 6 heteroatoms. The standard InChI is InChI=1S/C18H17NO2S3/c20-24(21,13-10-16-6-2-1-3-7-16)19(14-17-8-4-11-22-17)15-18-9-5-12-23-18/h1-13H,14-15H2/b13-10+. The molecule has 0 saturated heterocycles. The third-order valence-corrected chi connectivity index (χ3v) is 6.60. The second kappa shape index (κ2) is 7.90. The summed E-state index contributed by atoms with van der Waals surface area (Å²) < 4.78 is 27.1. The number of sulfonamides is 1. The van der Waals surface area contributed by atoms with Crippen molar-refractivity contribution in [3.8, 4) is 0 Å². The summed E-state index contributed by atoms with van der Waals surface area (Å²) in [5, 5.41) is 5.22. The van der Waals surface area contributed by atoms with E-state index in [2.05, 4.69) is 0 Å². The molecule has 3 aromatic rings. The molecule has 0 aliphatic carbocycles. The highest BCUT2D eigenvalue weighted by Crippen LogP contribution is 2.21. The average molecular weight is 376 g/mol. The predicted octanol–water partition coefficient (Wildman–Crippen LogP) is 4.81. The van der Waals surface area contributed by atoms with Gasteiger partial charge >= 0.3 is 0 Å². The first-order valence-electron chi connectivity index (χ1n) is 7.41. The van der Waals surface area contributed by atoms with Crippen molar-refractivity contribution in [2.24, 2.45) is 0 Å². The molecule has 0 atom stereocenters. The third-order valence-electron chi connectivity index (χ3n) is 3.42. The molecule has 3 nitrogen and oxygen atoms in total. The van der Waals surface area contributed by atoms with Crippen molar-refractivity contribution in [2.45, 2.75) is 13.1 Å². The zero-order valence-corrected chi connectivity index (χ0v) is 15.4. The van der Waals surface area contributed by atoms with Crippen LogP contribution in [0.25, 0.3) is 6.08 Å². The van der Waals surface area contributed by atoms with Crippen molar-refractivity contribution in [1.82, 2.24) is 4.31 Å². The maximum Gasteiger partial charge on any atom is 0.236 e. The molecular formula is C18H17NO2S3. The van der Waals surface area contributed by atoms with Crippen molar-refractivity contribution in [1.29, 1.82) is 0 Å². The van der Waals surface area contributed by atoms with Gasteiger partial charge in [0.1, 0.15) is 0 Å². The summed E-state index contributed by atoms with van der Waals surface area (Å²) in [6.07, 6.45) is 1.64. The lowest BCUT2D eigenvalue weighted by atomic mass is 10.2. The van der Waals surface area contributed by atoms with Crippen molar-refractivity contribution in [3.63, 3.8) is 0 Å². The summed E-state index contributed by atoms with van der Waals surface area (Å²) >= 11 is 3.14. The van der Waals surface area contributed by atoms with Gasteiger partial charge in [0.15, 0.2) is 0 Å². The van der Waals surface area contributed by atoms with Gasteiger partial charge in [0.2, 0.25) is 10.0 Å². The van der Waals surface area contributed by atoms with Crippen LogP contribution in [0.4, 0.5) is 0 Å². The lowest BCUT2D eigenvalue weighted by Gasteiger charge is -2.19. The maximum absolute atomic E-state index is 12.8. The van der Waals surface area contributed by atoms with Crippen molar-refractivity contribution in [3.05, 3.63) is 86.1 Å². The first-order chi connectivity index (χ1) is 11.6. The van der Waals surface area contributed by atoms with E-state index >= 15 is 0 Å². The van der Waals surface area contributed by atoms with E-state index in [-0.39, 0.29) is 0 Å². The largest absolute Gasteiger partial charge is 0.236 e. The minimum absolute atomic E-state index is 0.386. The van der Waals surface area contributed by atoms with Crippen LogP contribution in [0.5, 0.6) is 0 Å². The molecule has 0 aliphatic heterocycles. The number of benzene rings is 1. The van der Waals surface area contributed by atoms with Gasteiger partial charge in [-0.25, -0.2) is 8.42 Å². The van der Waals surface area contributed by atoms with Crippen LogP contribution in [0.15, 0.2) is 70.8 Å². The fraction of sp³-hybridized carbons (Fsp3) is 0.111. The smallest absolute Gasteiger partial charge is 0.207 e. The van der Waals surface area contributed by atoms with Crippen LogP contribution in [0.3, 0.4) is 0 Å². The molecule has 2 heterocycles. The Balaban J connectivity index is 1.83. The summed E-state index contributed by atoms with van der Waals surface area (Å²) in [6.45, 7) is 0.772. The van der Waals surface area contributed by atoms with E-state index in [0.717, 1.165) is 15.3 Å². The van der Waals surface area contributed by atoms with Crippen LogP contribution in [-0.4, -0.2) is 12.7 Å². The quantitative estimate of drug-likeness (QED) is 0.594. The molecule has 0 radical (unpaired) electrons. The average Bonchev–Trinajstić information content (AvgIpc) is 3.27. The third kappa shape index (κ3) is 4.64. The summed E-state index contributed by atoms with van der Waals surface area (Å²) in [4.78, 5) is 2.06. The van der Waals surface area contributed by atoms with E-state index in [4.69, 9.17) is 0 Å². The van der Waals surface area contributed by atoms with Gasteiger partial charge in [-0.1, -0.05) is 42.5 Å². The molecule has 0 bridgehead atoms. The van der Waals surface area contributed by atoms with Gasteiger partial charge < -0.3 is 0 Å². The van der Waals surface area contributed by atoms with Crippen molar-refractivity contribution in [2.75, 3.05) is 0 Å². The van der Waals surface area contributed by atoms with Crippen LogP contribution >= 0.6 is 22.7 Å². The highest BCUT2D eigenvalue weighted by Gasteiger charge is 2.20. The topological polar surface area (TPSA) is 37.4 Å². The minimum Gasteiger partial charge on any atom is -0.207 e. The Morgan fingerprint density at radius 1 is 0.833 bits per heavy atom. The summed E-state index contributed by atoms with van der Waals surface area (Å²) in [5.41, 5.74) is 0.869. The molecule has 124 valence electrons. The van der Waals surface area contributed by atoms with E-state index in [0.29, 0.717) is 13.1 Å². The Morgan fingerprint density at radius 2 is 1.42 bits per heavy atom. The molecule has 0 spiro atoms. The zero-order chi connectivity index (χ0) is 16.8. The molecule has 0 amide bonds. The number of rotatable bonds is 7. The lowest BCUT2D eigenvalue weighted by molar-refractivity contribution is 0.413. The van der Waals surface area contributed by atoms with Gasteiger partial charge in [-0.3, -0.25) is 0 Å². The maximum atomic E-state index is 12.8. The van der Waals surface area contributed by atoms with Gasteiger partial charge in [-0.15, -0.1) is 22.7 Å². The number of hydrogen-bond acceptors (Lipinski definition) is 4. The van der Waals surface area contributed by atoms with Crippen molar-refractivity contribution < 1.29 is 8.42 Å². The Morgan fingerprint density at radius 3 is 1.92 bits per heavy atom. The molecule has 2 aromatic heterocycles. The van der Waals surface area contributed by atoms with Crippen LogP contribution < -0.4 is 0 Å². The number of hydrogen-bond donors (Lipinski definition) is 0. The molecule has 1 aromatic carbocycles. The van der Waals surface area contributed by atoms with Crippen LogP contribution in [0.2, 0.25) is 0 Å². The van der Waals surface area contributed by atoms with Gasteiger partial charge in [-0.2, -0.15) is 4.31 Å². The summed E-state index contributed by atoms with van der Waals surface area (Å²) in [6, 6.07) is 17.3. The normalized spacial score (nSPS) is 12.2. The SMILES string of the molecule is O=S(=O)(/C=C/c1ccccc1)N(Cc1cccs1)Cc1cccs1. The predicted molar refractivity (Wildman–Crippen MR) is 102 cm³/mol. The van der Waals surface area contributed by atoms with Crippen LogP contribution in [0.1, 0.15) is 15.3 Å². The highest BCUT2D eigenvalue weighted by atomic mass is 32.2.